The third kappa shape index (κ3) is 7.32. The molecular formula is C18H30O6. The fourth-order valence-electron chi connectivity index (χ4n) is 4.10. The van der Waals surface area contributed by atoms with Crippen LogP contribution in [0, 0.1) is 11.3 Å². The van der Waals surface area contributed by atoms with Gasteiger partial charge in [-0.25, -0.2) is 0 Å². The van der Waals surface area contributed by atoms with Crippen LogP contribution < -0.4 is 0 Å². The Hall–Kier alpha value is -1.59. The van der Waals surface area contributed by atoms with Gasteiger partial charge in [0, 0.05) is 6.42 Å². The quantitative estimate of drug-likeness (QED) is 0.674. The second kappa shape index (κ2) is 10.3. The highest BCUT2D eigenvalue weighted by Gasteiger charge is 2.42. The third-order valence-corrected chi connectivity index (χ3v) is 5.27. The fraction of sp³-hybridized carbons (Fsp3) is 0.833. The summed E-state index contributed by atoms with van der Waals surface area (Å²) < 4.78 is 0. The Kier molecular flexibility index (Phi) is 8.79. The summed E-state index contributed by atoms with van der Waals surface area (Å²) in [5.41, 5.74) is -0.963. The lowest BCUT2D eigenvalue weighted by atomic mass is 9.64. The largest absolute Gasteiger partial charge is 0.481 e. The lowest BCUT2D eigenvalue weighted by molar-refractivity contribution is -0.150. The normalized spacial score (nSPS) is 22.8. The summed E-state index contributed by atoms with van der Waals surface area (Å²) in [6, 6.07) is 0. The van der Waals surface area contributed by atoms with Crippen molar-refractivity contribution in [2.75, 3.05) is 0 Å². The van der Waals surface area contributed by atoms with Crippen LogP contribution in [0.3, 0.4) is 0 Å². The van der Waals surface area contributed by atoms with Crippen LogP contribution in [0.15, 0.2) is 0 Å². The molecule has 1 unspecified atom stereocenters. The minimum Gasteiger partial charge on any atom is -0.481 e. The molecule has 1 aliphatic carbocycles. The van der Waals surface area contributed by atoms with E-state index < -0.39 is 29.2 Å². The van der Waals surface area contributed by atoms with Crippen LogP contribution in [0.5, 0.6) is 0 Å². The maximum Gasteiger partial charge on any atom is 0.303 e. The average molecular weight is 342 g/mol. The Morgan fingerprint density at radius 2 is 1.17 bits per heavy atom. The molecule has 1 saturated carbocycles. The lowest BCUT2D eigenvalue weighted by Crippen LogP contribution is -2.37. The maximum absolute atomic E-state index is 11.4. The van der Waals surface area contributed by atoms with E-state index in [2.05, 4.69) is 0 Å². The molecule has 0 heterocycles. The molecule has 1 fully saturated rings. The number of carboxylic acids is 3. The van der Waals surface area contributed by atoms with Gasteiger partial charge in [-0.05, 0) is 24.2 Å². The molecule has 0 bridgehead atoms. The van der Waals surface area contributed by atoms with Crippen LogP contribution in [-0.4, -0.2) is 33.2 Å². The molecule has 6 nitrogen and oxygen atoms in total. The standard InChI is InChI=1S/C18H30O6/c19-15(20)11-14-9-7-5-3-1-2-4-6-8-10-18(14,12-16(21)22)13-17(23)24/h14H,1-13H2,(H,19,20)(H,21,22)(H,23,24). The van der Waals surface area contributed by atoms with Gasteiger partial charge < -0.3 is 15.3 Å². The molecule has 0 aliphatic heterocycles. The van der Waals surface area contributed by atoms with E-state index in [-0.39, 0.29) is 19.3 Å². The Labute approximate surface area is 143 Å². The van der Waals surface area contributed by atoms with Crippen molar-refractivity contribution in [1.82, 2.24) is 0 Å². The molecule has 1 rings (SSSR count). The molecule has 0 spiro atoms. The van der Waals surface area contributed by atoms with Crippen LogP contribution in [-0.2, 0) is 14.4 Å². The zero-order valence-corrected chi connectivity index (χ0v) is 14.3. The van der Waals surface area contributed by atoms with Crippen molar-refractivity contribution in [1.29, 1.82) is 0 Å². The van der Waals surface area contributed by atoms with E-state index in [4.69, 9.17) is 0 Å². The smallest absolute Gasteiger partial charge is 0.303 e. The number of hydrogen-bond acceptors (Lipinski definition) is 3. The summed E-state index contributed by atoms with van der Waals surface area (Å²) in [7, 11) is 0. The number of carboxylic acid groups (broad SMARTS) is 3. The average Bonchev–Trinajstić information content (AvgIpc) is 2.44. The van der Waals surface area contributed by atoms with Crippen LogP contribution >= 0.6 is 0 Å². The molecular weight excluding hydrogens is 312 g/mol. The molecule has 6 heteroatoms. The number of hydrogen-bond donors (Lipinski definition) is 3. The summed E-state index contributed by atoms with van der Waals surface area (Å²) in [4.78, 5) is 34.1. The predicted octanol–water partition coefficient (Wildman–Crippen LogP) is 3.93. The number of carbonyl (C=O) groups is 3. The van der Waals surface area contributed by atoms with Gasteiger partial charge in [-0.3, -0.25) is 14.4 Å². The van der Waals surface area contributed by atoms with E-state index in [1.165, 1.54) is 6.42 Å². The van der Waals surface area contributed by atoms with Gasteiger partial charge in [0.05, 0.1) is 12.8 Å². The minimum absolute atomic E-state index is 0.152. The van der Waals surface area contributed by atoms with Gasteiger partial charge in [0.25, 0.3) is 0 Å². The van der Waals surface area contributed by atoms with Crippen molar-refractivity contribution in [3.8, 4) is 0 Å². The summed E-state index contributed by atoms with van der Waals surface area (Å²) in [6.07, 6.45) is 8.42. The van der Waals surface area contributed by atoms with Crippen LogP contribution in [0.2, 0.25) is 0 Å². The summed E-state index contributed by atoms with van der Waals surface area (Å²) in [5, 5.41) is 27.9. The van der Waals surface area contributed by atoms with Gasteiger partial charge in [-0.15, -0.1) is 0 Å². The van der Waals surface area contributed by atoms with E-state index >= 15 is 0 Å². The van der Waals surface area contributed by atoms with Gasteiger partial charge in [0.1, 0.15) is 0 Å². The van der Waals surface area contributed by atoms with E-state index in [0.29, 0.717) is 12.8 Å². The summed E-state index contributed by atoms with van der Waals surface area (Å²) in [6.45, 7) is 0. The molecule has 24 heavy (non-hydrogen) atoms. The lowest BCUT2D eigenvalue weighted by Gasteiger charge is -2.39. The molecule has 0 radical (unpaired) electrons. The van der Waals surface area contributed by atoms with Crippen LogP contribution in [0.1, 0.15) is 83.5 Å². The first-order valence-electron chi connectivity index (χ1n) is 9.01. The molecule has 1 atom stereocenters. The summed E-state index contributed by atoms with van der Waals surface area (Å²) in [5.74, 6) is -3.47. The Morgan fingerprint density at radius 3 is 1.62 bits per heavy atom. The Morgan fingerprint density at radius 1 is 0.708 bits per heavy atom. The van der Waals surface area contributed by atoms with E-state index in [0.717, 1.165) is 44.9 Å². The van der Waals surface area contributed by atoms with E-state index in [9.17, 15) is 29.7 Å². The molecule has 0 amide bonds. The topological polar surface area (TPSA) is 112 Å². The van der Waals surface area contributed by atoms with Crippen molar-refractivity contribution in [3.63, 3.8) is 0 Å². The first-order valence-corrected chi connectivity index (χ1v) is 9.01. The van der Waals surface area contributed by atoms with Crippen molar-refractivity contribution < 1.29 is 29.7 Å². The van der Waals surface area contributed by atoms with Gasteiger partial charge >= 0.3 is 17.9 Å². The SMILES string of the molecule is O=C(O)CC1CCCCCCCCCCC1(CC(=O)O)CC(=O)O. The number of aliphatic carboxylic acids is 3. The molecule has 3 N–H and O–H groups in total. The van der Waals surface area contributed by atoms with Crippen molar-refractivity contribution in [2.45, 2.75) is 83.5 Å². The second-order valence-corrected chi connectivity index (χ2v) is 7.17. The molecule has 0 saturated heterocycles. The summed E-state index contributed by atoms with van der Waals surface area (Å²) >= 11 is 0. The second-order valence-electron chi connectivity index (χ2n) is 7.17. The fourth-order valence-corrected chi connectivity index (χ4v) is 4.10. The van der Waals surface area contributed by atoms with Crippen molar-refractivity contribution in [3.05, 3.63) is 0 Å². The highest BCUT2D eigenvalue weighted by Crippen LogP contribution is 2.45. The molecule has 138 valence electrons. The van der Waals surface area contributed by atoms with Gasteiger partial charge in [-0.1, -0.05) is 51.4 Å². The monoisotopic (exact) mass is 342 g/mol. The highest BCUT2D eigenvalue weighted by atomic mass is 16.4. The van der Waals surface area contributed by atoms with Gasteiger partial charge in [0.2, 0.25) is 0 Å². The zero-order chi connectivity index (χ0) is 18.0. The van der Waals surface area contributed by atoms with Gasteiger partial charge in [-0.2, -0.15) is 0 Å². The van der Waals surface area contributed by atoms with E-state index in [1.807, 2.05) is 0 Å². The zero-order valence-electron chi connectivity index (χ0n) is 14.3. The minimum atomic E-state index is -1.04. The molecule has 0 aromatic carbocycles. The highest BCUT2D eigenvalue weighted by molar-refractivity contribution is 5.73. The Balaban J connectivity index is 3.09. The molecule has 1 aliphatic rings. The van der Waals surface area contributed by atoms with Crippen LogP contribution in [0.25, 0.3) is 0 Å². The van der Waals surface area contributed by atoms with Gasteiger partial charge in [0.15, 0.2) is 0 Å². The van der Waals surface area contributed by atoms with Crippen LogP contribution in [0.4, 0.5) is 0 Å². The third-order valence-electron chi connectivity index (χ3n) is 5.27. The molecule has 0 aromatic rings. The first kappa shape index (κ1) is 20.5. The first-order chi connectivity index (χ1) is 11.4. The van der Waals surface area contributed by atoms with E-state index in [1.54, 1.807) is 0 Å². The molecule has 0 aromatic heterocycles. The maximum atomic E-state index is 11.4. The van der Waals surface area contributed by atoms with Crippen molar-refractivity contribution >= 4 is 17.9 Å². The number of rotatable bonds is 6. The van der Waals surface area contributed by atoms with Crippen molar-refractivity contribution in [2.24, 2.45) is 11.3 Å². The predicted molar refractivity (Wildman–Crippen MR) is 88.9 cm³/mol. The Bertz CT molecular complexity index is 415.